The third-order valence-corrected chi connectivity index (χ3v) is 4.24. The molecule has 1 N–H and O–H groups in total. The average molecular weight is 316 g/mol. The fraction of sp³-hybridized carbons (Fsp3) is 0.529. The highest BCUT2D eigenvalue weighted by molar-refractivity contribution is 5.75. The normalized spacial score (nSPS) is 20.8. The summed E-state index contributed by atoms with van der Waals surface area (Å²) in [6.07, 6.45) is 8.72. The quantitative estimate of drug-likeness (QED) is 0.864. The molecular formula is C17H24N4O2. The SMILES string of the molecule is CN(C)c1ncccc1O[C@H]1CCN(C(=O)NC2CC=CC2)C1. The number of nitrogens with zero attached hydrogens (tertiary/aromatic N) is 3. The maximum Gasteiger partial charge on any atom is 0.317 e. The van der Waals surface area contributed by atoms with E-state index in [9.17, 15) is 4.79 Å². The van der Waals surface area contributed by atoms with Crippen molar-refractivity contribution in [3.8, 4) is 5.75 Å². The summed E-state index contributed by atoms with van der Waals surface area (Å²) in [6.45, 7) is 1.35. The molecule has 2 heterocycles. The Morgan fingerprint density at radius 1 is 1.39 bits per heavy atom. The molecule has 0 spiro atoms. The molecule has 23 heavy (non-hydrogen) atoms. The molecule has 1 aliphatic carbocycles. The van der Waals surface area contributed by atoms with Crippen LogP contribution in [0.1, 0.15) is 19.3 Å². The fourth-order valence-electron chi connectivity index (χ4n) is 3.00. The van der Waals surface area contributed by atoms with E-state index in [1.807, 2.05) is 36.0 Å². The molecule has 6 heteroatoms. The van der Waals surface area contributed by atoms with Crippen LogP contribution in [-0.2, 0) is 0 Å². The van der Waals surface area contributed by atoms with E-state index in [1.54, 1.807) is 6.20 Å². The first kappa shape index (κ1) is 15.6. The number of ether oxygens (including phenoxy) is 1. The number of anilines is 1. The standard InChI is InChI=1S/C17H24N4O2/c1-20(2)16-15(8-5-10-18-16)23-14-9-11-21(12-14)17(22)19-13-6-3-4-7-13/h3-5,8,10,13-14H,6-7,9,11-12H2,1-2H3,(H,19,22)/t14-/m0/s1. The van der Waals surface area contributed by atoms with Gasteiger partial charge in [0.2, 0.25) is 0 Å². The zero-order valence-electron chi connectivity index (χ0n) is 13.7. The highest BCUT2D eigenvalue weighted by Gasteiger charge is 2.29. The van der Waals surface area contributed by atoms with Crippen molar-refractivity contribution in [2.45, 2.75) is 31.4 Å². The van der Waals surface area contributed by atoms with Crippen molar-refractivity contribution in [2.75, 3.05) is 32.1 Å². The van der Waals surface area contributed by atoms with Gasteiger partial charge in [-0.3, -0.25) is 0 Å². The van der Waals surface area contributed by atoms with Crippen molar-refractivity contribution in [3.63, 3.8) is 0 Å². The van der Waals surface area contributed by atoms with Crippen LogP contribution in [0.15, 0.2) is 30.5 Å². The number of nitrogens with one attached hydrogen (secondary N) is 1. The number of urea groups is 1. The molecule has 124 valence electrons. The summed E-state index contributed by atoms with van der Waals surface area (Å²) in [5, 5.41) is 3.08. The Morgan fingerprint density at radius 2 is 2.17 bits per heavy atom. The minimum Gasteiger partial charge on any atom is -0.485 e. The Morgan fingerprint density at radius 3 is 2.91 bits per heavy atom. The van der Waals surface area contributed by atoms with E-state index in [1.165, 1.54) is 0 Å². The van der Waals surface area contributed by atoms with Gasteiger partial charge in [-0.25, -0.2) is 9.78 Å². The number of hydrogen-bond donors (Lipinski definition) is 1. The minimum absolute atomic E-state index is 0.0174. The van der Waals surface area contributed by atoms with Crippen LogP contribution in [0.5, 0.6) is 5.75 Å². The van der Waals surface area contributed by atoms with E-state index in [2.05, 4.69) is 22.5 Å². The molecule has 0 radical (unpaired) electrons. The Kier molecular flexibility index (Phi) is 4.69. The van der Waals surface area contributed by atoms with E-state index >= 15 is 0 Å². The molecular weight excluding hydrogens is 292 g/mol. The number of likely N-dealkylation sites (tertiary alicyclic amines) is 1. The topological polar surface area (TPSA) is 57.7 Å². The molecule has 3 rings (SSSR count). The number of hydrogen-bond acceptors (Lipinski definition) is 4. The molecule has 1 atom stereocenters. The zero-order valence-corrected chi connectivity index (χ0v) is 13.7. The van der Waals surface area contributed by atoms with Crippen LogP contribution < -0.4 is 15.0 Å². The molecule has 0 unspecified atom stereocenters. The second kappa shape index (κ2) is 6.89. The summed E-state index contributed by atoms with van der Waals surface area (Å²) in [7, 11) is 3.89. The highest BCUT2D eigenvalue weighted by atomic mass is 16.5. The maximum absolute atomic E-state index is 12.3. The minimum atomic E-state index is 0.0174. The van der Waals surface area contributed by atoms with Gasteiger partial charge in [-0.05, 0) is 25.0 Å². The van der Waals surface area contributed by atoms with Gasteiger partial charge in [-0.1, -0.05) is 12.2 Å². The summed E-state index contributed by atoms with van der Waals surface area (Å²) in [5.74, 6) is 1.58. The van der Waals surface area contributed by atoms with Gasteiger partial charge < -0.3 is 19.9 Å². The third kappa shape index (κ3) is 3.75. The van der Waals surface area contributed by atoms with Crippen LogP contribution >= 0.6 is 0 Å². The van der Waals surface area contributed by atoms with Crippen LogP contribution in [0.3, 0.4) is 0 Å². The largest absolute Gasteiger partial charge is 0.485 e. The van der Waals surface area contributed by atoms with Gasteiger partial charge in [0.15, 0.2) is 11.6 Å². The van der Waals surface area contributed by atoms with Crippen molar-refractivity contribution in [1.82, 2.24) is 15.2 Å². The lowest BCUT2D eigenvalue weighted by atomic mass is 10.2. The Balaban J connectivity index is 1.54. The van der Waals surface area contributed by atoms with E-state index in [0.29, 0.717) is 6.54 Å². The predicted molar refractivity (Wildman–Crippen MR) is 89.9 cm³/mol. The fourth-order valence-corrected chi connectivity index (χ4v) is 3.00. The van der Waals surface area contributed by atoms with Crippen LogP contribution in [0, 0.1) is 0 Å². The van der Waals surface area contributed by atoms with Gasteiger partial charge in [-0.2, -0.15) is 0 Å². The van der Waals surface area contributed by atoms with E-state index in [0.717, 1.165) is 37.4 Å². The molecule has 1 aromatic heterocycles. The second-order valence-corrected chi connectivity index (χ2v) is 6.28. The summed E-state index contributed by atoms with van der Waals surface area (Å²) in [6, 6.07) is 4.06. The smallest absolute Gasteiger partial charge is 0.317 e. The van der Waals surface area contributed by atoms with Crippen LogP contribution in [0.25, 0.3) is 0 Å². The Labute approximate surface area is 137 Å². The van der Waals surface area contributed by atoms with Crippen molar-refractivity contribution < 1.29 is 9.53 Å². The van der Waals surface area contributed by atoms with Gasteiger partial charge in [0.1, 0.15) is 6.10 Å². The second-order valence-electron chi connectivity index (χ2n) is 6.28. The molecule has 1 fully saturated rings. The molecule has 1 aliphatic heterocycles. The molecule has 0 saturated carbocycles. The molecule has 6 nitrogen and oxygen atoms in total. The van der Waals surface area contributed by atoms with E-state index in [4.69, 9.17) is 4.74 Å². The lowest BCUT2D eigenvalue weighted by Crippen LogP contribution is -2.43. The summed E-state index contributed by atoms with van der Waals surface area (Å²) in [4.78, 5) is 20.4. The molecule has 1 saturated heterocycles. The van der Waals surface area contributed by atoms with Gasteiger partial charge in [0, 0.05) is 39.3 Å². The predicted octanol–water partition coefficient (Wildman–Crippen LogP) is 2.03. The Hall–Kier alpha value is -2.24. The summed E-state index contributed by atoms with van der Waals surface area (Å²) in [5.41, 5.74) is 0. The van der Waals surface area contributed by atoms with Gasteiger partial charge >= 0.3 is 6.03 Å². The number of aromatic nitrogens is 1. The molecule has 2 aliphatic rings. The number of amides is 2. The number of rotatable bonds is 4. The van der Waals surface area contributed by atoms with Crippen molar-refractivity contribution in [1.29, 1.82) is 0 Å². The van der Waals surface area contributed by atoms with Crippen LogP contribution in [0.2, 0.25) is 0 Å². The lowest BCUT2D eigenvalue weighted by Gasteiger charge is -2.22. The van der Waals surface area contributed by atoms with Gasteiger partial charge in [0.05, 0.1) is 6.54 Å². The molecule has 2 amide bonds. The van der Waals surface area contributed by atoms with E-state index in [-0.39, 0.29) is 18.2 Å². The lowest BCUT2D eigenvalue weighted by molar-refractivity contribution is 0.184. The first-order chi connectivity index (χ1) is 11.1. The van der Waals surface area contributed by atoms with Crippen molar-refractivity contribution in [2.24, 2.45) is 0 Å². The monoisotopic (exact) mass is 316 g/mol. The number of carbonyl (C=O) groups excluding carboxylic acids is 1. The summed E-state index contributed by atoms with van der Waals surface area (Å²) < 4.78 is 6.08. The van der Waals surface area contributed by atoms with Crippen molar-refractivity contribution >= 4 is 11.8 Å². The number of carbonyl (C=O) groups is 1. The van der Waals surface area contributed by atoms with E-state index < -0.39 is 0 Å². The highest BCUT2D eigenvalue weighted by Crippen LogP contribution is 2.26. The van der Waals surface area contributed by atoms with Crippen LogP contribution in [-0.4, -0.2) is 55.2 Å². The first-order valence-corrected chi connectivity index (χ1v) is 8.13. The van der Waals surface area contributed by atoms with Gasteiger partial charge in [0.25, 0.3) is 0 Å². The maximum atomic E-state index is 12.3. The summed E-state index contributed by atoms with van der Waals surface area (Å²) >= 11 is 0. The first-order valence-electron chi connectivity index (χ1n) is 8.13. The molecule has 0 aromatic carbocycles. The number of pyridine rings is 1. The van der Waals surface area contributed by atoms with Gasteiger partial charge in [-0.15, -0.1) is 0 Å². The van der Waals surface area contributed by atoms with Crippen molar-refractivity contribution in [3.05, 3.63) is 30.5 Å². The molecule has 0 bridgehead atoms. The third-order valence-electron chi connectivity index (χ3n) is 4.24. The Bertz CT molecular complexity index is 580. The average Bonchev–Trinajstić information content (AvgIpc) is 3.19. The van der Waals surface area contributed by atoms with Crippen LogP contribution in [0.4, 0.5) is 10.6 Å². The zero-order chi connectivity index (χ0) is 16.2. The molecule has 1 aromatic rings.